The van der Waals surface area contributed by atoms with Crippen molar-refractivity contribution in [3.63, 3.8) is 0 Å². The van der Waals surface area contributed by atoms with E-state index in [1.54, 1.807) is 7.11 Å². The van der Waals surface area contributed by atoms with Crippen LogP contribution in [0, 0.1) is 11.8 Å². The highest BCUT2D eigenvalue weighted by Crippen LogP contribution is 2.43. The number of nitrogens with zero attached hydrogens (tertiary/aromatic N) is 3. The number of benzene rings is 1. The molecule has 7 nitrogen and oxygen atoms in total. The number of ether oxygens (including phenoxy) is 2. The summed E-state index contributed by atoms with van der Waals surface area (Å²) < 4.78 is 11.4. The van der Waals surface area contributed by atoms with Gasteiger partial charge in [0.15, 0.2) is 0 Å². The maximum Gasteiger partial charge on any atom is 0.137 e. The number of H-pyrrole nitrogens is 1. The number of fused-ring (bicyclic) bond motifs is 3. The van der Waals surface area contributed by atoms with Gasteiger partial charge in [-0.2, -0.15) is 0 Å². The SMILES string of the molecule is CCC(=O)C1CC(c2ccnc3cnc4[nH]ccc4c23)CCC1N1CCCC(COc2ccc(OC)cc2)C1. The van der Waals surface area contributed by atoms with Crippen molar-refractivity contribution >= 4 is 27.7 Å². The summed E-state index contributed by atoms with van der Waals surface area (Å²) >= 11 is 0. The molecule has 4 unspecified atom stereocenters. The topological polar surface area (TPSA) is 80.3 Å². The fourth-order valence-corrected chi connectivity index (χ4v) is 6.92. The zero-order valence-electron chi connectivity index (χ0n) is 22.9. The van der Waals surface area contributed by atoms with E-state index in [0.717, 1.165) is 73.2 Å². The second-order valence-electron chi connectivity index (χ2n) is 11.2. The summed E-state index contributed by atoms with van der Waals surface area (Å²) in [6.45, 7) is 4.78. The van der Waals surface area contributed by atoms with Gasteiger partial charge in [0.1, 0.15) is 22.9 Å². The van der Waals surface area contributed by atoms with Crippen molar-refractivity contribution in [3.05, 3.63) is 60.6 Å². The molecule has 4 atom stereocenters. The Morgan fingerprint density at radius 2 is 1.92 bits per heavy atom. The van der Waals surface area contributed by atoms with Gasteiger partial charge in [0.25, 0.3) is 0 Å². The molecule has 2 aliphatic rings. The third kappa shape index (κ3) is 5.24. The average Bonchev–Trinajstić information content (AvgIpc) is 3.49. The number of hydrogen-bond donors (Lipinski definition) is 1. The highest BCUT2D eigenvalue weighted by atomic mass is 16.5. The Morgan fingerprint density at radius 3 is 2.74 bits per heavy atom. The molecule has 0 radical (unpaired) electrons. The van der Waals surface area contributed by atoms with Crippen LogP contribution in [0.4, 0.5) is 0 Å². The van der Waals surface area contributed by atoms with Gasteiger partial charge >= 0.3 is 0 Å². The minimum atomic E-state index is 0.0572. The number of pyridine rings is 2. The molecule has 204 valence electrons. The Bertz CT molecular complexity index is 1430. The molecule has 7 heteroatoms. The van der Waals surface area contributed by atoms with Gasteiger partial charge in [0.2, 0.25) is 0 Å². The van der Waals surface area contributed by atoms with Crippen LogP contribution in [-0.2, 0) is 4.79 Å². The fraction of sp³-hybridized carbons (Fsp3) is 0.469. The number of hydrogen-bond acceptors (Lipinski definition) is 6. The lowest BCUT2D eigenvalue weighted by Gasteiger charge is -2.45. The van der Waals surface area contributed by atoms with Crippen LogP contribution < -0.4 is 9.47 Å². The van der Waals surface area contributed by atoms with Gasteiger partial charge in [-0.3, -0.25) is 14.7 Å². The van der Waals surface area contributed by atoms with E-state index in [2.05, 4.69) is 32.0 Å². The number of aromatic amines is 1. The van der Waals surface area contributed by atoms with Crippen LogP contribution in [0.25, 0.3) is 21.9 Å². The second kappa shape index (κ2) is 11.3. The van der Waals surface area contributed by atoms with Crippen molar-refractivity contribution < 1.29 is 14.3 Å². The molecule has 3 aromatic heterocycles. The normalized spacial score (nSPS) is 24.2. The van der Waals surface area contributed by atoms with Gasteiger partial charge < -0.3 is 14.5 Å². The quantitative estimate of drug-likeness (QED) is 0.297. The molecular weight excluding hydrogens is 488 g/mol. The number of likely N-dealkylation sites (tertiary alicyclic amines) is 1. The van der Waals surface area contributed by atoms with E-state index in [1.165, 1.54) is 10.9 Å². The molecule has 1 saturated heterocycles. The molecule has 1 aliphatic heterocycles. The van der Waals surface area contributed by atoms with E-state index < -0.39 is 0 Å². The van der Waals surface area contributed by atoms with E-state index in [4.69, 9.17) is 9.47 Å². The number of carbonyl (C=O) groups excluding carboxylic acids is 1. The molecule has 6 rings (SSSR count). The minimum Gasteiger partial charge on any atom is -0.497 e. The van der Waals surface area contributed by atoms with Crippen molar-refractivity contribution in [2.75, 3.05) is 26.8 Å². The van der Waals surface area contributed by atoms with Crippen LogP contribution in [-0.4, -0.2) is 58.5 Å². The lowest BCUT2D eigenvalue weighted by molar-refractivity contribution is -0.126. The van der Waals surface area contributed by atoms with Gasteiger partial charge in [-0.05, 0) is 86.5 Å². The highest BCUT2D eigenvalue weighted by molar-refractivity contribution is 6.05. The van der Waals surface area contributed by atoms with Crippen molar-refractivity contribution in [3.8, 4) is 11.5 Å². The van der Waals surface area contributed by atoms with Gasteiger partial charge in [-0.1, -0.05) is 6.92 Å². The Balaban J connectivity index is 1.18. The van der Waals surface area contributed by atoms with Crippen LogP contribution in [0.15, 0.2) is 55.0 Å². The second-order valence-corrected chi connectivity index (χ2v) is 11.2. The van der Waals surface area contributed by atoms with Crippen molar-refractivity contribution in [2.45, 2.75) is 57.4 Å². The highest BCUT2D eigenvalue weighted by Gasteiger charge is 2.40. The van der Waals surface area contributed by atoms with Crippen LogP contribution in [0.5, 0.6) is 11.5 Å². The molecule has 0 spiro atoms. The van der Waals surface area contributed by atoms with E-state index in [-0.39, 0.29) is 5.92 Å². The first-order chi connectivity index (χ1) is 19.1. The molecule has 1 aromatic carbocycles. The van der Waals surface area contributed by atoms with Crippen molar-refractivity contribution in [1.29, 1.82) is 0 Å². The van der Waals surface area contributed by atoms with Gasteiger partial charge in [-0.15, -0.1) is 0 Å². The molecule has 1 aliphatic carbocycles. The predicted molar refractivity (Wildman–Crippen MR) is 153 cm³/mol. The molecule has 39 heavy (non-hydrogen) atoms. The van der Waals surface area contributed by atoms with Crippen LogP contribution in [0.2, 0.25) is 0 Å². The Labute approximate surface area is 229 Å². The number of nitrogens with one attached hydrogen (secondary N) is 1. The number of piperidine rings is 1. The molecule has 1 saturated carbocycles. The summed E-state index contributed by atoms with van der Waals surface area (Å²) in [5, 5.41) is 2.30. The van der Waals surface area contributed by atoms with E-state index in [1.807, 2.05) is 49.8 Å². The van der Waals surface area contributed by atoms with Gasteiger partial charge in [-0.25, -0.2) is 4.98 Å². The summed E-state index contributed by atoms with van der Waals surface area (Å²) in [6.07, 6.45) is 11.6. The summed E-state index contributed by atoms with van der Waals surface area (Å²) in [6, 6.07) is 12.4. The Hall–Kier alpha value is -3.45. The van der Waals surface area contributed by atoms with E-state index in [0.29, 0.717) is 36.7 Å². The average molecular weight is 527 g/mol. The zero-order valence-corrected chi connectivity index (χ0v) is 22.9. The van der Waals surface area contributed by atoms with Crippen LogP contribution in [0.1, 0.15) is 56.9 Å². The number of ketones is 1. The largest absolute Gasteiger partial charge is 0.497 e. The van der Waals surface area contributed by atoms with E-state index in [9.17, 15) is 4.79 Å². The lowest BCUT2D eigenvalue weighted by atomic mass is 9.71. The number of carbonyl (C=O) groups is 1. The summed E-state index contributed by atoms with van der Waals surface area (Å²) in [7, 11) is 1.67. The first-order valence-electron chi connectivity index (χ1n) is 14.4. The summed E-state index contributed by atoms with van der Waals surface area (Å²) in [5.41, 5.74) is 3.13. The fourth-order valence-electron chi connectivity index (χ4n) is 6.92. The zero-order chi connectivity index (χ0) is 26.8. The number of methoxy groups -OCH3 is 1. The minimum absolute atomic E-state index is 0.0572. The summed E-state index contributed by atoms with van der Waals surface area (Å²) in [4.78, 5) is 28.4. The molecular formula is C32H38N4O3. The monoisotopic (exact) mass is 526 g/mol. The van der Waals surface area contributed by atoms with E-state index >= 15 is 0 Å². The van der Waals surface area contributed by atoms with Crippen LogP contribution >= 0.6 is 0 Å². The molecule has 4 aromatic rings. The van der Waals surface area contributed by atoms with Gasteiger partial charge in [0, 0.05) is 54.0 Å². The number of rotatable bonds is 8. The smallest absolute Gasteiger partial charge is 0.137 e. The molecule has 0 amide bonds. The lowest BCUT2D eigenvalue weighted by Crippen LogP contribution is -2.51. The summed E-state index contributed by atoms with van der Waals surface area (Å²) in [5.74, 6) is 2.97. The Morgan fingerprint density at radius 1 is 1.08 bits per heavy atom. The van der Waals surface area contributed by atoms with Crippen molar-refractivity contribution in [2.24, 2.45) is 11.8 Å². The van der Waals surface area contributed by atoms with Crippen molar-refractivity contribution in [1.82, 2.24) is 19.9 Å². The molecule has 4 heterocycles. The molecule has 0 bridgehead atoms. The first kappa shape index (κ1) is 25.8. The van der Waals surface area contributed by atoms with Gasteiger partial charge in [0.05, 0.1) is 25.4 Å². The Kier molecular flexibility index (Phi) is 7.51. The maximum absolute atomic E-state index is 13.4. The predicted octanol–water partition coefficient (Wildman–Crippen LogP) is 6.14. The first-order valence-corrected chi connectivity index (χ1v) is 14.4. The number of aromatic nitrogens is 3. The standard InChI is InChI=1S/C32H38N4O3/c1-3-30(37)27-17-22(25-12-14-33-28-18-35-32-26(31(25)28)13-15-34-32)6-11-29(27)36-16-4-5-21(19-36)20-39-24-9-7-23(38-2)8-10-24/h7-10,12-15,18,21-22,27,29H,3-6,11,16-17,19-20H2,1-2H3,(H,34,35). The maximum atomic E-state index is 13.4. The third-order valence-corrected chi connectivity index (χ3v) is 8.90. The number of Topliss-reactive ketones (excluding diaryl/α,β-unsaturated/α-hetero) is 1. The third-order valence-electron chi connectivity index (χ3n) is 8.90. The molecule has 1 N–H and O–H groups in total. The van der Waals surface area contributed by atoms with Crippen LogP contribution in [0.3, 0.4) is 0 Å². The molecule has 2 fully saturated rings.